The Morgan fingerprint density at radius 1 is 0.556 bits per heavy atom. The Balaban J connectivity index is 0.000000298. The molecule has 4 rings (SSSR count). The van der Waals surface area contributed by atoms with Gasteiger partial charge in [0.1, 0.15) is 11.6 Å². The summed E-state index contributed by atoms with van der Waals surface area (Å²) in [6.07, 6.45) is 0. The van der Waals surface area contributed by atoms with Gasteiger partial charge in [0.25, 0.3) is 0 Å². The molecule has 0 bridgehead atoms. The van der Waals surface area contributed by atoms with E-state index in [0.717, 1.165) is 11.1 Å². The largest absolute Gasteiger partial charge is 0.213 e. The summed E-state index contributed by atoms with van der Waals surface area (Å²) in [5.41, 5.74) is 4.45. The molecule has 0 fully saturated rings. The highest BCUT2D eigenvalue weighted by Gasteiger charge is 2.09. The highest BCUT2D eigenvalue weighted by atomic mass is 19.1. The molecule has 0 saturated carbocycles. The van der Waals surface area contributed by atoms with Gasteiger partial charge in [-0.2, -0.15) is 0 Å². The normalized spacial score (nSPS) is 9.72. The Hall–Kier alpha value is -3.59. The van der Waals surface area contributed by atoms with Crippen LogP contribution in [-0.4, -0.2) is 0 Å². The first-order valence-electron chi connectivity index (χ1n) is 12.2. The summed E-state index contributed by atoms with van der Waals surface area (Å²) < 4.78 is 36.9. The molecular formula is C33H37F3. The van der Waals surface area contributed by atoms with E-state index in [1.807, 2.05) is 32.9 Å². The van der Waals surface area contributed by atoms with Gasteiger partial charge in [0.15, 0.2) is 0 Å². The first kappa shape index (κ1) is 30.4. The van der Waals surface area contributed by atoms with E-state index in [9.17, 15) is 13.2 Å². The third-order valence-electron chi connectivity index (χ3n) is 5.30. The van der Waals surface area contributed by atoms with E-state index in [-0.39, 0.29) is 23.4 Å². The Labute approximate surface area is 215 Å². The second-order valence-corrected chi connectivity index (χ2v) is 8.05. The summed E-state index contributed by atoms with van der Waals surface area (Å²) >= 11 is 0. The predicted octanol–water partition coefficient (Wildman–Crippen LogP) is 10.5. The number of benzene rings is 4. The molecule has 0 N–H and O–H groups in total. The van der Waals surface area contributed by atoms with Crippen LogP contribution in [0.15, 0.2) is 122 Å². The molecule has 4 aromatic rings. The number of halogens is 3. The first-order chi connectivity index (χ1) is 17.3. The summed E-state index contributed by atoms with van der Waals surface area (Å²) in [7, 11) is 0. The fourth-order valence-electron chi connectivity index (χ4n) is 3.42. The molecule has 0 radical (unpaired) electrons. The molecule has 0 aliphatic heterocycles. The lowest BCUT2D eigenvalue weighted by atomic mass is 9.93. The van der Waals surface area contributed by atoms with Crippen molar-refractivity contribution in [2.75, 3.05) is 0 Å². The molecule has 0 aliphatic rings. The fraction of sp³-hybridized carbons (Fsp3) is 0.212. The molecule has 4 aromatic carbocycles. The maximum atomic E-state index is 13.0. The Kier molecular flexibility index (Phi) is 14.3. The van der Waals surface area contributed by atoms with Crippen LogP contribution < -0.4 is 0 Å². The molecule has 0 saturated heterocycles. The molecule has 0 atom stereocenters. The van der Waals surface area contributed by atoms with Crippen LogP contribution in [0, 0.1) is 11.6 Å². The molecule has 0 unspecified atom stereocenters. The minimum Gasteiger partial charge on any atom is -0.213 e. The van der Waals surface area contributed by atoms with Crippen molar-refractivity contribution in [1.29, 1.82) is 0 Å². The van der Waals surface area contributed by atoms with Gasteiger partial charge in [0.2, 0.25) is 0 Å². The van der Waals surface area contributed by atoms with E-state index in [1.165, 1.54) is 42.3 Å². The van der Waals surface area contributed by atoms with Crippen molar-refractivity contribution in [3.63, 3.8) is 0 Å². The van der Waals surface area contributed by atoms with Gasteiger partial charge < -0.3 is 0 Å². The monoisotopic (exact) mass is 490 g/mol. The van der Waals surface area contributed by atoms with Crippen molar-refractivity contribution in [2.24, 2.45) is 0 Å². The van der Waals surface area contributed by atoms with Gasteiger partial charge in [-0.1, -0.05) is 119 Å². The second-order valence-electron chi connectivity index (χ2n) is 8.05. The summed E-state index contributed by atoms with van der Waals surface area (Å²) in [4.78, 5) is 0. The summed E-state index contributed by atoms with van der Waals surface area (Å²) in [5, 5.41) is 0. The van der Waals surface area contributed by atoms with E-state index in [0.29, 0.717) is 5.92 Å². The molecule has 0 heterocycles. The average Bonchev–Trinajstić information content (AvgIpc) is 2.90. The fourth-order valence-corrected chi connectivity index (χ4v) is 3.42. The second kappa shape index (κ2) is 16.9. The van der Waals surface area contributed by atoms with Crippen LogP contribution in [-0.2, 0) is 0 Å². The standard InChI is InChI=1S/C14H12F2.C14H14.C3H5F.C2H6/c1-10(11-4-2-6-13(15)8-11)12-5-3-7-14(16)9-12;1-12(13-8-4-2-5-9-13)14-10-6-3-7-11-14;1-3(2)4;1-2/h2-10H,1H3;2-12H,1H3;1H2,2H3;1-2H3. The van der Waals surface area contributed by atoms with E-state index in [1.54, 1.807) is 12.1 Å². The number of hydrogen-bond donors (Lipinski definition) is 0. The third-order valence-corrected chi connectivity index (χ3v) is 5.30. The van der Waals surface area contributed by atoms with Crippen molar-refractivity contribution >= 4 is 0 Å². The van der Waals surface area contributed by atoms with Crippen LogP contribution in [0.3, 0.4) is 0 Å². The molecule has 0 aliphatic carbocycles. The Morgan fingerprint density at radius 2 is 0.833 bits per heavy atom. The topological polar surface area (TPSA) is 0 Å². The molecule has 0 amide bonds. The van der Waals surface area contributed by atoms with Gasteiger partial charge in [-0.3, -0.25) is 0 Å². The lowest BCUT2D eigenvalue weighted by Gasteiger charge is -2.12. The smallest absolute Gasteiger partial charge is 0.123 e. The van der Waals surface area contributed by atoms with Crippen molar-refractivity contribution in [3.8, 4) is 0 Å². The van der Waals surface area contributed by atoms with Crippen molar-refractivity contribution in [3.05, 3.63) is 155 Å². The minimum atomic E-state index is -0.333. The summed E-state index contributed by atoms with van der Waals surface area (Å²) in [6, 6.07) is 34.0. The molecular weight excluding hydrogens is 453 g/mol. The van der Waals surface area contributed by atoms with Crippen LogP contribution >= 0.6 is 0 Å². The Bertz CT molecular complexity index is 1050. The minimum absolute atomic E-state index is 0.00796. The van der Waals surface area contributed by atoms with E-state index < -0.39 is 0 Å². The molecule has 0 spiro atoms. The molecule has 3 heteroatoms. The van der Waals surface area contributed by atoms with Crippen molar-refractivity contribution in [1.82, 2.24) is 0 Å². The molecule has 0 aromatic heterocycles. The maximum Gasteiger partial charge on any atom is 0.123 e. The Morgan fingerprint density at radius 3 is 1.14 bits per heavy atom. The zero-order valence-electron chi connectivity index (χ0n) is 21.9. The van der Waals surface area contributed by atoms with Gasteiger partial charge in [-0.25, -0.2) is 13.2 Å². The van der Waals surface area contributed by atoms with E-state index >= 15 is 0 Å². The third kappa shape index (κ3) is 11.2. The van der Waals surface area contributed by atoms with Crippen LogP contribution in [0.2, 0.25) is 0 Å². The predicted molar refractivity (Wildman–Crippen MR) is 148 cm³/mol. The van der Waals surface area contributed by atoms with E-state index in [4.69, 9.17) is 0 Å². The quantitative estimate of drug-likeness (QED) is 0.267. The number of hydrogen-bond acceptors (Lipinski definition) is 0. The van der Waals surface area contributed by atoms with Gasteiger partial charge >= 0.3 is 0 Å². The van der Waals surface area contributed by atoms with Crippen LogP contribution in [0.4, 0.5) is 13.2 Å². The lowest BCUT2D eigenvalue weighted by molar-refractivity contribution is 0.621. The van der Waals surface area contributed by atoms with Crippen LogP contribution in [0.5, 0.6) is 0 Å². The summed E-state index contributed by atoms with van der Waals surface area (Å²) in [5.74, 6) is -0.384. The van der Waals surface area contributed by atoms with Gasteiger partial charge in [-0.05, 0) is 53.4 Å². The van der Waals surface area contributed by atoms with Crippen molar-refractivity contribution < 1.29 is 13.2 Å². The number of allylic oxidation sites excluding steroid dienone is 1. The summed E-state index contributed by atoms with van der Waals surface area (Å²) in [6.45, 7) is 12.4. The van der Waals surface area contributed by atoms with Gasteiger partial charge in [-0.15, -0.1) is 0 Å². The zero-order chi connectivity index (χ0) is 26.9. The van der Waals surface area contributed by atoms with Crippen LogP contribution in [0.25, 0.3) is 0 Å². The molecule has 190 valence electrons. The lowest BCUT2D eigenvalue weighted by Crippen LogP contribution is -1.97. The van der Waals surface area contributed by atoms with Gasteiger partial charge in [0, 0.05) is 11.8 Å². The molecule has 0 nitrogen and oxygen atoms in total. The highest BCUT2D eigenvalue weighted by Crippen LogP contribution is 2.25. The van der Waals surface area contributed by atoms with E-state index in [2.05, 4.69) is 74.2 Å². The highest BCUT2D eigenvalue weighted by molar-refractivity contribution is 5.32. The zero-order valence-corrected chi connectivity index (χ0v) is 21.9. The van der Waals surface area contributed by atoms with Crippen molar-refractivity contribution in [2.45, 2.75) is 46.5 Å². The van der Waals surface area contributed by atoms with Crippen LogP contribution in [0.1, 0.15) is 68.7 Å². The SMILES string of the molecule is C=C(C)F.CC.CC(c1cccc(F)c1)c1cccc(F)c1.CC(c1ccccc1)c1ccccc1. The molecule has 36 heavy (non-hydrogen) atoms. The number of rotatable bonds is 4. The average molecular weight is 491 g/mol. The first-order valence-corrected chi connectivity index (χ1v) is 12.2. The maximum absolute atomic E-state index is 13.0. The van der Waals surface area contributed by atoms with Gasteiger partial charge in [0.05, 0.1) is 5.83 Å².